The maximum Gasteiger partial charge on any atom is 0.264 e. The molecule has 5 aromatic rings. The number of hydrogen-bond donors (Lipinski definition) is 1. The Kier molecular flexibility index (Phi) is 7.06. The van der Waals surface area contributed by atoms with E-state index in [2.05, 4.69) is 15.1 Å². The Morgan fingerprint density at radius 1 is 1.10 bits per heavy atom. The second-order valence-corrected chi connectivity index (χ2v) is 10.1. The quantitative estimate of drug-likeness (QED) is 0.312. The number of piperidine rings is 1. The number of benzene rings is 2. The number of ether oxygens (including phenoxy) is 1. The zero-order chi connectivity index (χ0) is 28.4. The van der Waals surface area contributed by atoms with Crippen molar-refractivity contribution in [1.29, 1.82) is 0 Å². The molecule has 4 heterocycles. The minimum atomic E-state index is -1.18. The Bertz CT molecular complexity index is 1720. The zero-order valence-electron chi connectivity index (χ0n) is 22.1. The minimum Gasteiger partial charge on any atom is -0.492 e. The zero-order valence-corrected chi connectivity index (χ0v) is 22.1. The number of halogens is 1. The summed E-state index contributed by atoms with van der Waals surface area (Å²) in [4.78, 5) is 36.2. The van der Waals surface area contributed by atoms with E-state index in [0.29, 0.717) is 54.3 Å². The normalized spacial score (nSPS) is 14.8. The van der Waals surface area contributed by atoms with E-state index in [1.807, 2.05) is 35.0 Å². The highest BCUT2D eigenvalue weighted by atomic mass is 19.1. The fourth-order valence-electron chi connectivity index (χ4n) is 5.02. The van der Waals surface area contributed by atoms with Gasteiger partial charge in [-0.15, -0.1) is 0 Å². The summed E-state index contributed by atoms with van der Waals surface area (Å²) in [6, 6.07) is 12.8. The van der Waals surface area contributed by atoms with E-state index in [-0.39, 0.29) is 30.9 Å². The number of hydrogen-bond acceptors (Lipinski definition) is 7. The first kappa shape index (κ1) is 26.4. The van der Waals surface area contributed by atoms with Crippen LogP contribution >= 0.6 is 0 Å². The van der Waals surface area contributed by atoms with Crippen molar-refractivity contribution in [1.82, 2.24) is 33.8 Å². The van der Waals surface area contributed by atoms with Gasteiger partial charge >= 0.3 is 0 Å². The van der Waals surface area contributed by atoms with Crippen LogP contribution in [0.25, 0.3) is 16.7 Å². The summed E-state index contributed by atoms with van der Waals surface area (Å²) in [5.41, 5.74) is -0.00871. The molecule has 2 aromatic carbocycles. The molecule has 3 aromatic heterocycles. The molecule has 6 rings (SSSR count). The van der Waals surface area contributed by atoms with Crippen LogP contribution in [0, 0.1) is 5.82 Å². The van der Waals surface area contributed by atoms with Crippen LogP contribution < -0.4 is 10.3 Å². The molecule has 1 amide bonds. The van der Waals surface area contributed by atoms with E-state index in [4.69, 9.17) is 4.74 Å². The lowest BCUT2D eigenvalue weighted by molar-refractivity contribution is -0.0299. The SMILES string of the molecule is O=C(c1ccc(F)cc1)N1CCC(O)(Cn2cnc3c(cnn3-c3cccc(OCCn4ccnc4)c3)c2=O)CC1. The number of carbonyl (C=O) groups excluding carboxylic acids is 1. The fraction of sp³-hybridized carbons (Fsp3) is 0.276. The molecule has 210 valence electrons. The monoisotopic (exact) mass is 557 g/mol. The van der Waals surface area contributed by atoms with E-state index in [9.17, 15) is 19.1 Å². The molecular weight excluding hydrogens is 529 g/mol. The first-order chi connectivity index (χ1) is 19.9. The van der Waals surface area contributed by atoms with Crippen molar-refractivity contribution in [3.8, 4) is 11.4 Å². The summed E-state index contributed by atoms with van der Waals surface area (Å²) < 4.78 is 24.0. The molecule has 1 aliphatic rings. The second kappa shape index (κ2) is 11.0. The Morgan fingerprint density at radius 3 is 2.66 bits per heavy atom. The summed E-state index contributed by atoms with van der Waals surface area (Å²) in [6.45, 7) is 1.79. The first-order valence-corrected chi connectivity index (χ1v) is 13.3. The molecule has 41 heavy (non-hydrogen) atoms. The van der Waals surface area contributed by atoms with Gasteiger partial charge in [-0.1, -0.05) is 6.07 Å². The van der Waals surface area contributed by atoms with E-state index >= 15 is 0 Å². The standard InChI is InChI=1S/C29H28FN7O4/c30-22-6-4-21(5-7-22)27(38)35-11-8-29(40,9-12-35)18-36-20-32-26-25(28(36)39)17-33-37(26)23-2-1-3-24(16-23)41-15-14-34-13-10-31-19-34/h1-7,10,13,16-17,19-20,40H,8-9,11-12,14-15,18H2. The third kappa shape index (κ3) is 5.59. The summed E-state index contributed by atoms with van der Waals surface area (Å²) >= 11 is 0. The summed E-state index contributed by atoms with van der Waals surface area (Å²) in [6.07, 6.45) is 8.78. The summed E-state index contributed by atoms with van der Waals surface area (Å²) in [5, 5.41) is 16.0. The van der Waals surface area contributed by atoms with Crippen LogP contribution in [-0.4, -0.2) is 70.1 Å². The summed E-state index contributed by atoms with van der Waals surface area (Å²) in [7, 11) is 0. The number of rotatable bonds is 8. The third-order valence-electron chi connectivity index (χ3n) is 7.33. The highest BCUT2D eigenvalue weighted by Gasteiger charge is 2.35. The first-order valence-electron chi connectivity index (χ1n) is 13.3. The number of imidazole rings is 1. The number of aromatic nitrogens is 6. The van der Waals surface area contributed by atoms with Gasteiger partial charge in [0.05, 0.1) is 36.9 Å². The van der Waals surface area contributed by atoms with Crippen molar-refractivity contribution in [3.05, 3.63) is 102 Å². The fourth-order valence-corrected chi connectivity index (χ4v) is 5.02. The maximum atomic E-state index is 13.3. The Balaban J connectivity index is 1.13. The van der Waals surface area contributed by atoms with Crippen LogP contribution in [0.4, 0.5) is 4.39 Å². The molecule has 0 unspecified atom stereocenters. The molecular formula is C29H28FN7O4. The second-order valence-electron chi connectivity index (χ2n) is 10.1. The molecule has 0 bridgehead atoms. The lowest BCUT2D eigenvalue weighted by atomic mass is 9.91. The van der Waals surface area contributed by atoms with Crippen molar-refractivity contribution in [3.63, 3.8) is 0 Å². The molecule has 12 heteroatoms. The molecule has 0 saturated carbocycles. The predicted molar refractivity (Wildman–Crippen MR) is 147 cm³/mol. The van der Waals surface area contributed by atoms with Crippen LogP contribution in [-0.2, 0) is 13.1 Å². The Morgan fingerprint density at radius 2 is 1.90 bits per heavy atom. The van der Waals surface area contributed by atoms with E-state index in [0.717, 1.165) is 0 Å². The van der Waals surface area contributed by atoms with Crippen LogP contribution in [0.5, 0.6) is 5.75 Å². The van der Waals surface area contributed by atoms with Crippen LogP contribution in [0.1, 0.15) is 23.2 Å². The van der Waals surface area contributed by atoms with E-state index in [1.165, 1.54) is 41.4 Å². The van der Waals surface area contributed by atoms with Gasteiger partial charge in [0.25, 0.3) is 11.5 Å². The molecule has 1 aliphatic heterocycles. The van der Waals surface area contributed by atoms with Crippen LogP contribution in [0.2, 0.25) is 0 Å². The lowest BCUT2D eigenvalue weighted by Crippen LogP contribution is -2.49. The Labute approximate surface area is 234 Å². The van der Waals surface area contributed by atoms with Gasteiger partial charge in [-0.25, -0.2) is 19.0 Å². The van der Waals surface area contributed by atoms with Gasteiger partial charge in [-0.2, -0.15) is 5.10 Å². The summed E-state index contributed by atoms with van der Waals surface area (Å²) in [5.74, 6) is 0.0367. The topological polar surface area (TPSA) is 120 Å². The van der Waals surface area contributed by atoms with Crippen LogP contribution in [0.15, 0.2) is 84.6 Å². The van der Waals surface area contributed by atoms with E-state index < -0.39 is 11.4 Å². The average Bonchev–Trinajstić information content (AvgIpc) is 3.66. The number of fused-ring (bicyclic) bond motifs is 1. The minimum absolute atomic E-state index is 0.0404. The Hall–Kier alpha value is -4.84. The average molecular weight is 558 g/mol. The van der Waals surface area contributed by atoms with Gasteiger partial charge in [0, 0.05) is 37.1 Å². The van der Waals surface area contributed by atoms with Gasteiger partial charge in [0.15, 0.2) is 5.65 Å². The number of carbonyl (C=O) groups is 1. The largest absolute Gasteiger partial charge is 0.492 e. The molecule has 1 saturated heterocycles. The molecule has 0 radical (unpaired) electrons. The van der Waals surface area contributed by atoms with Crippen molar-refractivity contribution in [2.45, 2.75) is 31.5 Å². The number of amides is 1. The molecule has 11 nitrogen and oxygen atoms in total. The van der Waals surface area contributed by atoms with Gasteiger partial charge in [0.1, 0.15) is 29.9 Å². The van der Waals surface area contributed by atoms with E-state index in [1.54, 1.807) is 22.1 Å². The van der Waals surface area contributed by atoms with Gasteiger partial charge in [-0.05, 0) is 49.2 Å². The lowest BCUT2D eigenvalue weighted by Gasteiger charge is -2.38. The van der Waals surface area contributed by atoms with Gasteiger partial charge < -0.3 is 19.3 Å². The van der Waals surface area contributed by atoms with Crippen molar-refractivity contribution < 1.29 is 19.0 Å². The van der Waals surface area contributed by atoms with Gasteiger partial charge in [-0.3, -0.25) is 14.2 Å². The third-order valence-corrected chi connectivity index (χ3v) is 7.33. The van der Waals surface area contributed by atoms with Gasteiger partial charge in [0.2, 0.25) is 0 Å². The predicted octanol–water partition coefficient (Wildman–Crippen LogP) is 2.66. The number of likely N-dealkylation sites (tertiary alicyclic amines) is 1. The van der Waals surface area contributed by atoms with Crippen molar-refractivity contribution >= 4 is 16.9 Å². The number of aliphatic hydroxyl groups is 1. The molecule has 1 fully saturated rings. The highest BCUT2D eigenvalue weighted by Crippen LogP contribution is 2.25. The maximum absolute atomic E-state index is 13.3. The molecule has 0 aliphatic carbocycles. The molecule has 1 N–H and O–H groups in total. The molecule has 0 atom stereocenters. The number of nitrogens with zero attached hydrogens (tertiary/aromatic N) is 7. The van der Waals surface area contributed by atoms with Crippen molar-refractivity contribution in [2.24, 2.45) is 0 Å². The smallest absolute Gasteiger partial charge is 0.264 e. The highest BCUT2D eigenvalue weighted by molar-refractivity contribution is 5.94. The van der Waals surface area contributed by atoms with Crippen LogP contribution in [0.3, 0.4) is 0 Å². The van der Waals surface area contributed by atoms with Crippen molar-refractivity contribution in [2.75, 3.05) is 19.7 Å². The molecule has 0 spiro atoms.